The van der Waals surface area contributed by atoms with Gasteiger partial charge in [-0.1, -0.05) is 0 Å². The monoisotopic (exact) mass is 337 g/mol. The minimum Gasteiger partial charge on any atom is -0.487 e. The van der Waals surface area contributed by atoms with Crippen LogP contribution in [-0.4, -0.2) is 16.9 Å². The first-order valence-electron chi connectivity index (χ1n) is 6.03. The number of aliphatic hydroxyl groups is 1. The Labute approximate surface area is 124 Å². The lowest BCUT2D eigenvalue weighted by molar-refractivity contribution is 0.173. The van der Waals surface area contributed by atoms with Crippen molar-refractivity contribution in [2.75, 3.05) is 6.79 Å². The molecule has 0 aliphatic carbocycles. The Hall–Kier alpha value is -1.79. The van der Waals surface area contributed by atoms with E-state index in [0.29, 0.717) is 29.4 Å². The minimum atomic E-state index is -0.125. The summed E-state index contributed by atoms with van der Waals surface area (Å²) in [6.07, 6.45) is 1.71. The SMILES string of the molecule is OCc1cc2c(cc1OCc1ccc(Br)cn1)OCO2. The fraction of sp³-hybridized carbons (Fsp3) is 0.214. The second kappa shape index (κ2) is 5.68. The predicted octanol–water partition coefficient (Wildman–Crippen LogP) is 2.64. The summed E-state index contributed by atoms with van der Waals surface area (Å²) in [5, 5.41) is 9.39. The summed E-state index contributed by atoms with van der Waals surface area (Å²) < 4.78 is 17.2. The molecule has 1 aromatic carbocycles. The maximum Gasteiger partial charge on any atom is 0.231 e. The normalized spacial score (nSPS) is 12.5. The molecule has 1 aliphatic heterocycles. The summed E-state index contributed by atoms with van der Waals surface area (Å²) >= 11 is 3.33. The molecule has 0 radical (unpaired) electrons. The van der Waals surface area contributed by atoms with Gasteiger partial charge in [0.2, 0.25) is 6.79 Å². The van der Waals surface area contributed by atoms with Crippen LogP contribution in [0.25, 0.3) is 0 Å². The summed E-state index contributed by atoms with van der Waals surface area (Å²) in [6.45, 7) is 0.386. The van der Waals surface area contributed by atoms with Crippen LogP contribution in [0.1, 0.15) is 11.3 Å². The van der Waals surface area contributed by atoms with Crippen molar-refractivity contribution < 1.29 is 19.3 Å². The topological polar surface area (TPSA) is 60.8 Å². The molecule has 0 fully saturated rings. The van der Waals surface area contributed by atoms with Gasteiger partial charge in [0, 0.05) is 22.3 Å². The van der Waals surface area contributed by atoms with Gasteiger partial charge >= 0.3 is 0 Å². The molecule has 3 rings (SSSR count). The van der Waals surface area contributed by atoms with Crippen molar-refractivity contribution in [1.82, 2.24) is 4.98 Å². The van der Waals surface area contributed by atoms with Crippen LogP contribution in [-0.2, 0) is 13.2 Å². The fourth-order valence-electron chi connectivity index (χ4n) is 1.87. The highest BCUT2D eigenvalue weighted by Crippen LogP contribution is 2.38. The average Bonchev–Trinajstić information content (AvgIpc) is 2.92. The van der Waals surface area contributed by atoms with E-state index < -0.39 is 0 Å². The molecule has 0 saturated carbocycles. The van der Waals surface area contributed by atoms with Gasteiger partial charge in [-0.2, -0.15) is 0 Å². The summed E-state index contributed by atoms with van der Waals surface area (Å²) in [4.78, 5) is 4.23. The number of halogens is 1. The van der Waals surface area contributed by atoms with Gasteiger partial charge in [0.1, 0.15) is 12.4 Å². The standard InChI is InChI=1S/C14H12BrNO4/c15-10-1-2-11(16-5-10)7-18-12-4-14-13(19-8-20-14)3-9(12)6-17/h1-5,17H,6-8H2. The smallest absolute Gasteiger partial charge is 0.231 e. The molecule has 0 atom stereocenters. The molecule has 1 aromatic heterocycles. The highest BCUT2D eigenvalue weighted by Gasteiger charge is 2.17. The number of benzene rings is 1. The maximum absolute atomic E-state index is 9.39. The van der Waals surface area contributed by atoms with E-state index in [0.717, 1.165) is 10.2 Å². The third kappa shape index (κ3) is 2.71. The zero-order chi connectivity index (χ0) is 13.9. The van der Waals surface area contributed by atoms with Crippen molar-refractivity contribution in [1.29, 1.82) is 0 Å². The van der Waals surface area contributed by atoms with Gasteiger partial charge in [-0.25, -0.2) is 0 Å². The highest BCUT2D eigenvalue weighted by atomic mass is 79.9. The molecule has 6 heteroatoms. The molecule has 0 spiro atoms. The minimum absolute atomic E-state index is 0.125. The van der Waals surface area contributed by atoms with Crippen LogP contribution in [0.3, 0.4) is 0 Å². The number of aromatic nitrogens is 1. The van der Waals surface area contributed by atoms with Crippen LogP contribution in [0, 0.1) is 0 Å². The Morgan fingerprint density at radius 3 is 2.75 bits per heavy atom. The lowest BCUT2D eigenvalue weighted by Crippen LogP contribution is -2.00. The van der Waals surface area contributed by atoms with Crippen molar-refractivity contribution in [3.63, 3.8) is 0 Å². The van der Waals surface area contributed by atoms with E-state index in [9.17, 15) is 5.11 Å². The second-order valence-electron chi connectivity index (χ2n) is 4.23. The Morgan fingerprint density at radius 2 is 2.05 bits per heavy atom. The third-order valence-corrected chi connectivity index (χ3v) is 3.36. The average molecular weight is 338 g/mol. The summed E-state index contributed by atoms with van der Waals surface area (Å²) in [5.41, 5.74) is 1.46. The van der Waals surface area contributed by atoms with E-state index >= 15 is 0 Å². The first-order chi connectivity index (χ1) is 9.76. The Morgan fingerprint density at radius 1 is 1.25 bits per heavy atom. The number of hydrogen-bond acceptors (Lipinski definition) is 5. The molecule has 0 bridgehead atoms. The molecule has 0 unspecified atom stereocenters. The molecule has 104 valence electrons. The lowest BCUT2D eigenvalue weighted by atomic mass is 10.2. The highest BCUT2D eigenvalue weighted by molar-refractivity contribution is 9.10. The van der Waals surface area contributed by atoms with Crippen molar-refractivity contribution >= 4 is 15.9 Å². The number of ether oxygens (including phenoxy) is 3. The van der Waals surface area contributed by atoms with Crippen molar-refractivity contribution in [3.05, 3.63) is 46.2 Å². The Kier molecular flexibility index (Phi) is 3.75. The zero-order valence-electron chi connectivity index (χ0n) is 10.5. The fourth-order valence-corrected chi connectivity index (χ4v) is 2.10. The van der Waals surface area contributed by atoms with Crippen LogP contribution in [0.5, 0.6) is 17.2 Å². The number of rotatable bonds is 4. The number of hydrogen-bond donors (Lipinski definition) is 1. The van der Waals surface area contributed by atoms with Crippen LogP contribution < -0.4 is 14.2 Å². The van der Waals surface area contributed by atoms with Gasteiger partial charge in [-0.15, -0.1) is 0 Å². The largest absolute Gasteiger partial charge is 0.487 e. The molecule has 2 heterocycles. The van der Waals surface area contributed by atoms with Gasteiger partial charge in [0.25, 0.3) is 0 Å². The molecule has 1 N–H and O–H groups in total. The van der Waals surface area contributed by atoms with Gasteiger partial charge in [0.05, 0.1) is 12.3 Å². The molecule has 20 heavy (non-hydrogen) atoms. The summed E-state index contributed by atoms with van der Waals surface area (Å²) in [6, 6.07) is 7.23. The van der Waals surface area contributed by atoms with Crippen LogP contribution >= 0.6 is 15.9 Å². The molecule has 1 aliphatic rings. The number of pyridine rings is 1. The first kappa shape index (κ1) is 13.2. The van der Waals surface area contributed by atoms with Gasteiger partial charge in [-0.05, 0) is 34.1 Å². The predicted molar refractivity (Wildman–Crippen MR) is 74.8 cm³/mol. The summed E-state index contributed by atoms with van der Waals surface area (Å²) in [7, 11) is 0. The molecule has 2 aromatic rings. The van der Waals surface area contributed by atoms with Gasteiger partial charge in [0.15, 0.2) is 11.5 Å². The van der Waals surface area contributed by atoms with Crippen LogP contribution in [0.4, 0.5) is 0 Å². The molecular weight excluding hydrogens is 326 g/mol. The van der Waals surface area contributed by atoms with E-state index in [1.807, 2.05) is 12.1 Å². The summed E-state index contributed by atoms with van der Waals surface area (Å²) in [5.74, 6) is 1.82. The van der Waals surface area contributed by atoms with Crippen molar-refractivity contribution in [3.8, 4) is 17.2 Å². The molecule has 0 amide bonds. The van der Waals surface area contributed by atoms with Crippen LogP contribution in [0.15, 0.2) is 34.9 Å². The number of nitrogens with zero attached hydrogens (tertiary/aromatic N) is 1. The lowest BCUT2D eigenvalue weighted by Gasteiger charge is -2.11. The van der Waals surface area contributed by atoms with E-state index in [-0.39, 0.29) is 13.4 Å². The van der Waals surface area contributed by atoms with E-state index in [1.165, 1.54) is 0 Å². The number of aliphatic hydroxyl groups excluding tert-OH is 1. The second-order valence-corrected chi connectivity index (χ2v) is 5.14. The first-order valence-corrected chi connectivity index (χ1v) is 6.82. The van der Waals surface area contributed by atoms with E-state index in [1.54, 1.807) is 18.3 Å². The number of fused-ring (bicyclic) bond motifs is 1. The van der Waals surface area contributed by atoms with Gasteiger partial charge < -0.3 is 19.3 Å². The molecule has 5 nitrogen and oxygen atoms in total. The molecular formula is C14H12BrNO4. The van der Waals surface area contributed by atoms with E-state index in [4.69, 9.17) is 14.2 Å². The Bertz CT molecular complexity index is 615. The maximum atomic E-state index is 9.39. The zero-order valence-corrected chi connectivity index (χ0v) is 12.1. The van der Waals surface area contributed by atoms with Crippen molar-refractivity contribution in [2.45, 2.75) is 13.2 Å². The van der Waals surface area contributed by atoms with E-state index in [2.05, 4.69) is 20.9 Å². The molecule has 0 saturated heterocycles. The van der Waals surface area contributed by atoms with Gasteiger partial charge in [-0.3, -0.25) is 4.98 Å². The van der Waals surface area contributed by atoms with Crippen LogP contribution in [0.2, 0.25) is 0 Å². The van der Waals surface area contributed by atoms with Crippen molar-refractivity contribution in [2.24, 2.45) is 0 Å². The Balaban J connectivity index is 1.78. The quantitative estimate of drug-likeness (QED) is 0.929. The third-order valence-electron chi connectivity index (χ3n) is 2.89.